The molecular weight excluding hydrogens is 536 g/mol. The summed E-state index contributed by atoms with van der Waals surface area (Å²) >= 11 is 7.41. The minimum atomic E-state index is -4.08. The van der Waals surface area contributed by atoms with Crippen LogP contribution in [0.3, 0.4) is 0 Å². The lowest BCUT2D eigenvalue weighted by Crippen LogP contribution is -2.53. The average Bonchev–Trinajstić information content (AvgIpc) is 3.56. The number of rotatable bonds is 7. The molecule has 2 amide bonds. The highest BCUT2D eigenvalue weighted by Crippen LogP contribution is 2.31. The summed E-state index contributed by atoms with van der Waals surface area (Å²) in [4.78, 5) is 34.2. The lowest BCUT2D eigenvalue weighted by molar-refractivity contribution is -0.146. The number of amides is 2. The first-order valence-corrected chi connectivity index (χ1v) is 14.7. The number of thiazole rings is 1. The Morgan fingerprint density at radius 3 is 2.65 bits per heavy atom. The van der Waals surface area contributed by atoms with Gasteiger partial charge in [-0.25, -0.2) is 13.4 Å². The number of hydrogen-bond donors (Lipinski definition) is 0. The van der Waals surface area contributed by atoms with E-state index in [1.807, 2.05) is 0 Å². The van der Waals surface area contributed by atoms with Crippen molar-refractivity contribution in [1.29, 1.82) is 0 Å². The second-order valence-corrected chi connectivity index (χ2v) is 12.4. The van der Waals surface area contributed by atoms with E-state index in [0.29, 0.717) is 42.9 Å². The third-order valence-corrected chi connectivity index (χ3v) is 9.71. The van der Waals surface area contributed by atoms with Gasteiger partial charge in [0, 0.05) is 36.2 Å². The fourth-order valence-corrected chi connectivity index (χ4v) is 7.32. The number of nitrogens with zero attached hydrogens (tertiary/aromatic N) is 4. The van der Waals surface area contributed by atoms with Gasteiger partial charge in [-0.1, -0.05) is 23.7 Å². The van der Waals surface area contributed by atoms with Crippen LogP contribution in [0.1, 0.15) is 18.4 Å². The van der Waals surface area contributed by atoms with Crippen LogP contribution >= 0.6 is 22.9 Å². The van der Waals surface area contributed by atoms with Crippen LogP contribution in [0.4, 0.5) is 0 Å². The number of sulfonamides is 1. The van der Waals surface area contributed by atoms with E-state index in [9.17, 15) is 18.0 Å². The maximum atomic E-state index is 14.0. The van der Waals surface area contributed by atoms with Crippen molar-refractivity contribution in [2.24, 2.45) is 0 Å². The van der Waals surface area contributed by atoms with Crippen molar-refractivity contribution in [1.82, 2.24) is 19.1 Å². The largest absolute Gasteiger partial charge is 0.378 e. The van der Waals surface area contributed by atoms with Crippen LogP contribution in [0.25, 0.3) is 10.8 Å². The van der Waals surface area contributed by atoms with Crippen LogP contribution in [0.2, 0.25) is 5.02 Å². The van der Waals surface area contributed by atoms with E-state index in [2.05, 4.69) is 4.98 Å². The summed E-state index contributed by atoms with van der Waals surface area (Å²) in [6.07, 6.45) is 1.89. The highest BCUT2D eigenvalue weighted by Gasteiger charge is 2.45. The van der Waals surface area contributed by atoms with Crippen molar-refractivity contribution in [3.63, 3.8) is 0 Å². The minimum Gasteiger partial charge on any atom is -0.378 e. The van der Waals surface area contributed by atoms with Gasteiger partial charge in [0.25, 0.3) is 0 Å². The Bertz CT molecular complexity index is 1410. The van der Waals surface area contributed by atoms with Gasteiger partial charge < -0.3 is 14.5 Å². The van der Waals surface area contributed by atoms with Gasteiger partial charge >= 0.3 is 0 Å². The normalized spacial score (nSPS) is 19.6. The van der Waals surface area contributed by atoms with Crippen molar-refractivity contribution >= 4 is 55.5 Å². The number of hydrogen-bond acceptors (Lipinski definition) is 7. The molecule has 9 nitrogen and oxygen atoms in total. The third kappa shape index (κ3) is 5.23. The van der Waals surface area contributed by atoms with E-state index in [4.69, 9.17) is 16.3 Å². The van der Waals surface area contributed by atoms with Gasteiger partial charge in [0.2, 0.25) is 21.8 Å². The molecule has 0 spiro atoms. The quantitative estimate of drug-likeness (QED) is 0.439. The Hall–Kier alpha value is -2.57. The Morgan fingerprint density at radius 1 is 1.19 bits per heavy atom. The number of carbonyl (C=O) groups is 2. The maximum Gasteiger partial charge on any atom is 0.245 e. The molecule has 0 bridgehead atoms. The zero-order valence-corrected chi connectivity index (χ0v) is 22.6. The first-order valence-electron chi connectivity index (χ1n) is 12.0. The lowest BCUT2D eigenvalue weighted by atomic mass is 10.1. The summed E-state index contributed by atoms with van der Waals surface area (Å²) in [5.41, 5.74) is 0. The molecule has 196 valence electrons. The minimum absolute atomic E-state index is 0.0330. The molecule has 2 fully saturated rings. The summed E-state index contributed by atoms with van der Waals surface area (Å²) in [5, 5.41) is 4.46. The topological polar surface area (TPSA) is 100 Å². The van der Waals surface area contributed by atoms with E-state index < -0.39 is 22.1 Å². The molecule has 1 aromatic heterocycles. The molecule has 5 rings (SSSR count). The molecular formula is C25H27ClN4O5S2. The fourth-order valence-electron chi connectivity index (χ4n) is 4.84. The number of likely N-dealkylation sites (tertiary alicyclic amines) is 1. The molecule has 0 unspecified atom stereocenters. The van der Waals surface area contributed by atoms with Gasteiger partial charge in [0.05, 0.1) is 24.7 Å². The third-order valence-electron chi connectivity index (χ3n) is 6.86. The molecule has 0 radical (unpaired) electrons. The molecule has 2 saturated heterocycles. The summed E-state index contributed by atoms with van der Waals surface area (Å²) in [7, 11) is -4.08. The van der Waals surface area contributed by atoms with Crippen LogP contribution in [0.15, 0.2) is 52.9 Å². The zero-order valence-electron chi connectivity index (χ0n) is 20.2. The molecule has 2 atom stereocenters. The summed E-state index contributed by atoms with van der Waals surface area (Å²) < 4.78 is 34.5. The highest BCUT2D eigenvalue weighted by atomic mass is 35.5. The Kier molecular flexibility index (Phi) is 7.51. The van der Waals surface area contributed by atoms with Crippen LogP contribution in [0.5, 0.6) is 0 Å². The molecule has 2 aliphatic rings. The first kappa shape index (κ1) is 26.1. The second-order valence-electron chi connectivity index (χ2n) is 9.08. The van der Waals surface area contributed by atoms with E-state index in [-0.39, 0.29) is 29.7 Å². The summed E-state index contributed by atoms with van der Waals surface area (Å²) in [6, 6.07) is 8.46. The highest BCUT2D eigenvalue weighted by molar-refractivity contribution is 7.89. The van der Waals surface area contributed by atoms with Crippen LogP contribution < -0.4 is 0 Å². The van der Waals surface area contributed by atoms with Gasteiger partial charge in [-0.3, -0.25) is 9.59 Å². The first-order chi connectivity index (χ1) is 17.8. The molecule has 3 aromatic rings. The number of aromatic nitrogens is 1. The monoisotopic (exact) mass is 562 g/mol. The zero-order chi connectivity index (χ0) is 26.2. The summed E-state index contributed by atoms with van der Waals surface area (Å²) in [6.45, 7) is 3.85. The van der Waals surface area contributed by atoms with Crippen molar-refractivity contribution in [2.45, 2.75) is 36.9 Å². The van der Waals surface area contributed by atoms with Crippen molar-refractivity contribution in [2.75, 3.05) is 32.8 Å². The maximum absolute atomic E-state index is 14.0. The lowest BCUT2D eigenvalue weighted by Gasteiger charge is -2.33. The number of halogens is 1. The SMILES string of the molecule is C[C@@H](C(=O)N1CCOCC1)N1CC[C@H](N(Cc2nccs2)S(=O)(=O)c2ccc3cc(Cl)ccc3c2)C1=O. The van der Waals surface area contributed by atoms with Crippen LogP contribution in [-0.4, -0.2) is 84.3 Å². The number of carbonyl (C=O) groups excluding carboxylic acids is 2. The Balaban J connectivity index is 1.44. The second kappa shape index (κ2) is 10.7. The molecule has 2 aromatic carbocycles. The number of benzene rings is 2. The molecule has 12 heteroatoms. The van der Waals surface area contributed by atoms with Gasteiger partial charge in [0.15, 0.2) is 0 Å². The number of ether oxygens (including phenoxy) is 1. The van der Waals surface area contributed by atoms with Gasteiger partial charge in [-0.05, 0) is 48.4 Å². The standard InChI is InChI=1S/C25H27ClN4O5S2/c1-17(24(31)28-9-11-35-12-10-28)29-8-6-22(25(29)32)30(16-23-27-7-13-36-23)37(33,34)21-5-3-18-14-20(26)4-2-19(18)15-21/h2-5,7,13-15,17,22H,6,8-12,16H2,1H3/t17-,22-/m0/s1. The van der Waals surface area contributed by atoms with E-state index in [0.717, 1.165) is 10.8 Å². The van der Waals surface area contributed by atoms with Gasteiger partial charge in [-0.2, -0.15) is 4.31 Å². The molecule has 0 N–H and O–H groups in total. The summed E-state index contributed by atoms with van der Waals surface area (Å²) in [5.74, 6) is -0.526. The Morgan fingerprint density at radius 2 is 1.92 bits per heavy atom. The van der Waals surface area contributed by atoms with Crippen LogP contribution in [0, 0.1) is 0 Å². The average molecular weight is 563 g/mol. The van der Waals surface area contributed by atoms with Crippen molar-refractivity contribution in [3.8, 4) is 0 Å². The molecule has 2 aliphatic heterocycles. The van der Waals surface area contributed by atoms with E-state index >= 15 is 0 Å². The van der Waals surface area contributed by atoms with Gasteiger partial charge in [0.1, 0.15) is 17.1 Å². The molecule has 3 heterocycles. The van der Waals surface area contributed by atoms with E-state index in [1.165, 1.54) is 26.6 Å². The molecule has 0 aliphatic carbocycles. The van der Waals surface area contributed by atoms with E-state index in [1.54, 1.807) is 53.7 Å². The predicted octanol–water partition coefficient (Wildman–Crippen LogP) is 2.99. The number of morpholine rings is 1. The van der Waals surface area contributed by atoms with Gasteiger partial charge in [-0.15, -0.1) is 11.3 Å². The van der Waals surface area contributed by atoms with Crippen LogP contribution in [-0.2, 0) is 30.9 Å². The molecule has 37 heavy (non-hydrogen) atoms. The Labute approximate surface area is 224 Å². The molecule has 0 saturated carbocycles. The fraction of sp³-hybridized carbons (Fsp3) is 0.400. The smallest absolute Gasteiger partial charge is 0.245 e. The number of fused-ring (bicyclic) bond motifs is 1. The predicted molar refractivity (Wildman–Crippen MR) is 141 cm³/mol. The van der Waals surface area contributed by atoms with Crippen molar-refractivity contribution in [3.05, 3.63) is 58.0 Å². The van der Waals surface area contributed by atoms with Crippen molar-refractivity contribution < 1.29 is 22.7 Å².